The minimum Gasteiger partial charge on any atom is -0.381 e. The van der Waals surface area contributed by atoms with Crippen molar-refractivity contribution in [3.05, 3.63) is 70.0 Å². The molecule has 1 N–H and O–H groups in total. The van der Waals surface area contributed by atoms with Gasteiger partial charge in [0.2, 0.25) is 17.6 Å². The summed E-state index contributed by atoms with van der Waals surface area (Å²) in [5.41, 5.74) is 1.83. The van der Waals surface area contributed by atoms with Gasteiger partial charge in [-0.05, 0) is 61.2 Å². The highest BCUT2D eigenvalue weighted by molar-refractivity contribution is 6.30. The summed E-state index contributed by atoms with van der Waals surface area (Å²) in [7, 11) is 0. The molecule has 1 aliphatic heterocycles. The molecule has 2 aromatic carbocycles. The minimum absolute atomic E-state index is 0.00957. The van der Waals surface area contributed by atoms with Crippen LogP contribution in [0.1, 0.15) is 37.1 Å². The van der Waals surface area contributed by atoms with E-state index in [1.807, 2.05) is 30.3 Å². The second kappa shape index (κ2) is 10.5. The summed E-state index contributed by atoms with van der Waals surface area (Å²) in [6.07, 6.45) is 3.26. The molecule has 0 unspecified atom stereocenters. The van der Waals surface area contributed by atoms with E-state index < -0.39 is 0 Å². The highest BCUT2D eigenvalue weighted by atomic mass is 35.5. The molecule has 1 amide bonds. The van der Waals surface area contributed by atoms with Crippen LogP contribution in [0, 0.1) is 0 Å². The molecule has 0 atom stereocenters. The Bertz CT molecular complexity index is 1050. The molecular formula is C24H25Cl2N3O3. The molecule has 0 bridgehead atoms. The number of hydrogen-bond donors (Lipinski definition) is 1. The van der Waals surface area contributed by atoms with E-state index in [9.17, 15) is 4.79 Å². The lowest BCUT2D eigenvalue weighted by molar-refractivity contribution is -0.121. The number of carbonyl (C=O) groups excluding carboxylic acids is 1. The van der Waals surface area contributed by atoms with Crippen molar-refractivity contribution < 1.29 is 14.1 Å². The number of nitrogens with zero attached hydrogens (tertiary/aromatic N) is 2. The van der Waals surface area contributed by atoms with Gasteiger partial charge < -0.3 is 14.6 Å². The number of ether oxygens (including phenoxy) is 1. The van der Waals surface area contributed by atoms with Crippen LogP contribution in [-0.2, 0) is 21.4 Å². The van der Waals surface area contributed by atoms with Gasteiger partial charge in [-0.2, -0.15) is 4.98 Å². The summed E-state index contributed by atoms with van der Waals surface area (Å²) in [4.78, 5) is 16.9. The summed E-state index contributed by atoms with van der Waals surface area (Å²) in [5.74, 6) is 1.04. The third kappa shape index (κ3) is 5.68. The summed E-state index contributed by atoms with van der Waals surface area (Å²) in [6, 6.07) is 15.2. The van der Waals surface area contributed by atoms with Crippen molar-refractivity contribution in [3.63, 3.8) is 0 Å². The maximum absolute atomic E-state index is 12.5. The van der Waals surface area contributed by atoms with Crippen LogP contribution in [0.3, 0.4) is 0 Å². The van der Waals surface area contributed by atoms with E-state index in [1.54, 1.807) is 12.1 Å². The first kappa shape index (κ1) is 22.8. The van der Waals surface area contributed by atoms with Crippen molar-refractivity contribution in [1.82, 2.24) is 15.5 Å². The van der Waals surface area contributed by atoms with Crippen LogP contribution in [0.2, 0.25) is 10.0 Å². The van der Waals surface area contributed by atoms with Gasteiger partial charge in [0.25, 0.3) is 0 Å². The highest BCUT2D eigenvalue weighted by Crippen LogP contribution is 2.35. The number of benzene rings is 2. The maximum Gasteiger partial charge on any atom is 0.226 e. The third-order valence-corrected chi connectivity index (χ3v) is 6.36. The average Bonchev–Trinajstić information content (AvgIpc) is 3.28. The number of halogens is 2. The predicted octanol–water partition coefficient (Wildman–Crippen LogP) is 5.23. The van der Waals surface area contributed by atoms with Crippen molar-refractivity contribution in [2.24, 2.45) is 0 Å². The van der Waals surface area contributed by atoms with Crippen LogP contribution in [0.5, 0.6) is 0 Å². The van der Waals surface area contributed by atoms with Crippen LogP contribution in [-0.4, -0.2) is 35.8 Å². The zero-order valence-electron chi connectivity index (χ0n) is 17.7. The SMILES string of the molecule is O=C(CCCc1nc(-c2ccc(Cl)cc2)no1)NCC1(c2cccc(Cl)c2)CCOCC1. The Morgan fingerprint density at radius 3 is 2.59 bits per heavy atom. The standard InChI is InChI=1S/C24H25Cl2N3O3/c25-19-9-7-17(8-10-19)23-28-22(32-29-23)6-2-5-21(30)27-16-24(11-13-31-14-12-24)18-3-1-4-20(26)15-18/h1,3-4,7-10,15H,2,5-6,11-14,16H2,(H,27,30). The number of aryl methyl sites for hydroxylation is 1. The zero-order chi connectivity index (χ0) is 22.4. The van der Waals surface area contributed by atoms with E-state index in [0.29, 0.717) is 60.8 Å². The lowest BCUT2D eigenvalue weighted by atomic mass is 9.74. The number of carbonyl (C=O) groups is 1. The molecule has 1 aromatic heterocycles. The van der Waals surface area contributed by atoms with Crippen molar-refractivity contribution in [2.75, 3.05) is 19.8 Å². The molecule has 1 saturated heterocycles. The Morgan fingerprint density at radius 2 is 1.84 bits per heavy atom. The maximum atomic E-state index is 12.5. The van der Waals surface area contributed by atoms with Crippen LogP contribution in [0.15, 0.2) is 53.1 Å². The fraction of sp³-hybridized carbons (Fsp3) is 0.375. The van der Waals surface area contributed by atoms with Gasteiger partial charge in [0.15, 0.2) is 0 Å². The summed E-state index contributed by atoms with van der Waals surface area (Å²) in [6.45, 7) is 1.92. The first-order chi connectivity index (χ1) is 15.5. The van der Waals surface area contributed by atoms with Crippen LogP contribution in [0.4, 0.5) is 0 Å². The molecule has 1 fully saturated rings. The Labute approximate surface area is 197 Å². The van der Waals surface area contributed by atoms with Crippen molar-refractivity contribution in [3.8, 4) is 11.4 Å². The average molecular weight is 474 g/mol. The number of amides is 1. The monoisotopic (exact) mass is 473 g/mol. The first-order valence-corrected chi connectivity index (χ1v) is 11.5. The van der Waals surface area contributed by atoms with Gasteiger partial charge >= 0.3 is 0 Å². The van der Waals surface area contributed by atoms with Crippen LogP contribution >= 0.6 is 23.2 Å². The molecule has 6 nitrogen and oxygen atoms in total. The Morgan fingerprint density at radius 1 is 1.06 bits per heavy atom. The Balaban J connectivity index is 1.29. The summed E-state index contributed by atoms with van der Waals surface area (Å²) >= 11 is 12.1. The van der Waals surface area contributed by atoms with Crippen molar-refractivity contribution in [1.29, 1.82) is 0 Å². The van der Waals surface area contributed by atoms with Crippen LogP contribution in [0.25, 0.3) is 11.4 Å². The molecule has 8 heteroatoms. The Hall–Kier alpha value is -2.41. The second-order valence-corrected chi connectivity index (χ2v) is 8.92. The van der Waals surface area contributed by atoms with Gasteiger partial charge in [0, 0.05) is 53.6 Å². The van der Waals surface area contributed by atoms with Gasteiger partial charge in [-0.25, -0.2) is 0 Å². The first-order valence-electron chi connectivity index (χ1n) is 10.7. The highest BCUT2D eigenvalue weighted by Gasteiger charge is 2.35. The molecule has 0 spiro atoms. The predicted molar refractivity (Wildman–Crippen MR) is 124 cm³/mol. The Kier molecular flexibility index (Phi) is 7.45. The van der Waals surface area contributed by atoms with Gasteiger partial charge in [0.1, 0.15) is 0 Å². The minimum atomic E-state index is -0.154. The van der Waals surface area contributed by atoms with E-state index in [2.05, 4.69) is 21.5 Å². The number of nitrogens with one attached hydrogen (secondary N) is 1. The van der Waals surface area contributed by atoms with Crippen molar-refractivity contribution >= 4 is 29.1 Å². The van der Waals surface area contributed by atoms with Crippen molar-refractivity contribution in [2.45, 2.75) is 37.5 Å². The molecular weight excluding hydrogens is 449 g/mol. The van der Waals surface area contributed by atoms with E-state index >= 15 is 0 Å². The molecule has 1 aliphatic rings. The van der Waals surface area contributed by atoms with Gasteiger partial charge in [0.05, 0.1) is 0 Å². The van der Waals surface area contributed by atoms with Gasteiger partial charge in [-0.1, -0.05) is 40.5 Å². The fourth-order valence-corrected chi connectivity index (χ4v) is 4.29. The lowest BCUT2D eigenvalue weighted by Gasteiger charge is -2.38. The quantitative estimate of drug-likeness (QED) is 0.484. The molecule has 32 heavy (non-hydrogen) atoms. The third-order valence-electron chi connectivity index (χ3n) is 5.88. The van der Waals surface area contributed by atoms with Gasteiger partial charge in [-0.3, -0.25) is 4.79 Å². The van der Waals surface area contributed by atoms with E-state index in [4.69, 9.17) is 32.5 Å². The molecule has 4 rings (SSSR count). The molecule has 0 radical (unpaired) electrons. The number of aromatic nitrogens is 2. The van der Waals surface area contributed by atoms with Gasteiger partial charge in [-0.15, -0.1) is 0 Å². The molecule has 3 aromatic rings. The number of hydrogen-bond acceptors (Lipinski definition) is 5. The van der Waals surface area contributed by atoms with Crippen LogP contribution < -0.4 is 5.32 Å². The van der Waals surface area contributed by atoms with E-state index in [-0.39, 0.29) is 11.3 Å². The fourth-order valence-electron chi connectivity index (χ4n) is 3.98. The topological polar surface area (TPSA) is 77.2 Å². The molecule has 0 aliphatic carbocycles. The van der Waals surface area contributed by atoms with E-state index in [1.165, 1.54) is 0 Å². The molecule has 2 heterocycles. The molecule has 0 saturated carbocycles. The summed E-state index contributed by atoms with van der Waals surface area (Å²) in [5, 5.41) is 8.49. The molecule has 168 valence electrons. The summed E-state index contributed by atoms with van der Waals surface area (Å²) < 4.78 is 10.9. The smallest absolute Gasteiger partial charge is 0.226 e. The lowest BCUT2D eigenvalue weighted by Crippen LogP contribution is -2.44. The largest absolute Gasteiger partial charge is 0.381 e. The van der Waals surface area contributed by atoms with E-state index in [0.717, 1.165) is 24.0 Å². The normalized spacial score (nSPS) is 15.4. The zero-order valence-corrected chi connectivity index (χ0v) is 19.2. The second-order valence-electron chi connectivity index (χ2n) is 8.05. The number of rotatable bonds is 8.